The van der Waals surface area contributed by atoms with Crippen molar-refractivity contribution in [2.24, 2.45) is 0 Å². The number of fused-ring (bicyclic) bond motifs is 2. The molecule has 4 aromatic heterocycles. The maximum atomic E-state index is 14.0. The number of nitrogens with zero attached hydrogens (tertiary/aromatic N) is 7. The predicted octanol–water partition coefficient (Wildman–Crippen LogP) is 5.59. The standard InChI is InChI=1S/C37H35ClF2N8O4S2/c1-22-44-30-20-43-34(46(3)25-10-15-47(16-11-25)17-12-37(2,39)40)28(19-41)31(30)36(50)48(22)14-5-6-23-7-8-24(38)18-27(23)26-9-13-42-32-29(21-53-33(26)32)35(49)45-54(4,51)52/h7-9,13,18,20-21,25H,10-12,14-17H2,1-4H3,(H,45,49). The van der Waals surface area contributed by atoms with E-state index in [-0.39, 0.29) is 41.0 Å². The summed E-state index contributed by atoms with van der Waals surface area (Å²) in [5, 5.41) is 12.4. The third-order valence-electron chi connectivity index (χ3n) is 9.30. The number of amides is 1. The van der Waals surface area contributed by atoms with Crippen LogP contribution < -0.4 is 15.2 Å². The Morgan fingerprint density at radius 2 is 1.94 bits per heavy atom. The van der Waals surface area contributed by atoms with E-state index in [0.717, 1.165) is 13.2 Å². The van der Waals surface area contributed by atoms with Crippen LogP contribution in [0.3, 0.4) is 0 Å². The van der Waals surface area contributed by atoms with Crippen molar-refractivity contribution in [1.82, 2.24) is 29.1 Å². The lowest BCUT2D eigenvalue weighted by Crippen LogP contribution is -2.44. The van der Waals surface area contributed by atoms with Gasteiger partial charge in [0.25, 0.3) is 11.5 Å². The van der Waals surface area contributed by atoms with Crippen molar-refractivity contribution in [3.8, 4) is 29.0 Å². The lowest BCUT2D eigenvalue weighted by Gasteiger charge is -2.37. The predicted molar refractivity (Wildman–Crippen MR) is 206 cm³/mol. The van der Waals surface area contributed by atoms with Gasteiger partial charge in [-0.25, -0.2) is 31.9 Å². The molecule has 0 unspecified atom stereocenters. The van der Waals surface area contributed by atoms with Crippen molar-refractivity contribution >= 4 is 65.8 Å². The van der Waals surface area contributed by atoms with Crippen LogP contribution in [0.15, 0.2) is 46.8 Å². The number of aryl methyl sites for hydroxylation is 1. The number of piperidine rings is 1. The number of carbonyl (C=O) groups is 1. The molecule has 0 saturated carbocycles. The summed E-state index contributed by atoms with van der Waals surface area (Å²) in [6.45, 7) is 4.11. The largest absolute Gasteiger partial charge is 0.355 e. The molecule has 1 amide bonds. The van der Waals surface area contributed by atoms with Gasteiger partial charge in [-0.05, 0) is 51.0 Å². The summed E-state index contributed by atoms with van der Waals surface area (Å²) in [4.78, 5) is 44.1. The Morgan fingerprint density at radius 3 is 2.63 bits per heavy atom. The summed E-state index contributed by atoms with van der Waals surface area (Å²) in [7, 11) is -1.97. The quantitative estimate of drug-likeness (QED) is 0.187. The van der Waals surface area contributed by atoms with E-state index >= 15 is 0 Å². The van der Waals surface area contributed by atoms with Crippen molar-refractivity contribution in [3.63, 3.8) is 0 Å². The summed E-state index contributed by atoms with van der Waals surface area (Å²) < 4.78 is 54.2. The summed E-state index contributed by atoms with van der Waals surface area (Å²) in [5.74, 6) is 3.42. The van der Waals surface area contributed by atoms with E-state index < -0.39 is 27.4 Å². The van der Waals surface area contributed by atoms with Gasteiger partial charge in [0, 0.05) is 72.4 Å². The summed E-state index contributed by atoms with van der Waals surface area (Å²) >= 11 is 7.64. The molecule has 1 aliphatic rings. The van der Waals surface area contributed by atoms with Gasteiger partial charge in [0.1, 0.15) is 23.3 Å². The highest BCUT2D eigenvalue weighted by atomic mass is 35.5. The lowest BCUT2D eigenvalue weighted by molar-refractivity contribution is 0.00124. The van der Waals surface area contributed by atoms with Crippen LogP contribution in [-0.4, -0.2) is 83.6 Å². The molecule has 1 saturated heterocycles. The highest BCUT2D eigenvalue weighted by Gasteiger charge is 2.29. The number of hydrogen-bond donors (Lipinski definition) is 1. The SMILES string of the molecule is Cc1nc2cnc(N(C)C3CCN(CCC(C)(F)F)CC3)c(C#N)c2c(=O)n1CC#Cc1ccc(Cl)cc1-c1ccnc2c(C(=O)NS(C)(=O)=O)csc12. The molecule has 280 valence electrons. The first-order valence-corrected chi connectivity index (χ1v) is 20.0. The van der Waals surface area contributed by atoms with E-state index in [2.05, 4.69) is 32.9 Å². The Kier molecular flexibility index (Phi) is 11.0. The van der Waals surface area contributed by atoms with Crippen LogP contribution in [-0.2, 0) is 16.6 Å². The van der Waals surface area contributed by atoms with E-state index in [1.54, 1.807) is 31.2 Å². The maximum absolute atomic E-state index is 14.0. The minimum absolute atomic E-state index is 0.00690. The minimum atomic E-state index is -3.79. The number of aromatic nitrogens is 4. The Hall–Kier alpha value is -5.00. The Morgan fingerprint density at radius 1 is 1.20 bits per heavy atom. The fraction of sp³-hybridized carbons (Fsp3) is 0.351. The number of carbonyl (C=O) groups excluding carboxylic acids is 1. The summed E-state index contributed by atoms with van der Waals surface area (Å²) in [6, 6.07) is 9.06. The van der Waals surface area contributed by atoms with Crippen LogP contribution in [0.1, 0.15) is 53.5 Å². The molecule has 0 bridgehead atoms. The van der Waals surface area contributed by atoms with Gasteiger partial charge in [-0.3, -0.25) is 19.1 Å². The number of anilines is 1. The van der Waals surface area contributed by atoms with Crippen molar-refractivity contribution in [1.29, 1.82) is 5.26 Å². The minimum Gasteiger partial charge on any atom is -0.355 e. The second-order valence-corrected chi connectivity index (χ2v) is 16.3. The average molecular weight is 793 g/mol. The molecule has 5 aromatic rings. The van der Waals surface area contributed by atoms with Crippen LogP contribution in [0, 0.1) is 30.1 Å². The normalized spacial score (nSPS) is 14.1. The zero-order chi connectivity index (χ0) is 38.9. The first-order chi connectivity index (χ1) is 25.5. The molecule has 17 heteroatoms. The van der Waals surface area contributed by atoms with E-state index in [4.69, 9.17) is 11.6 Å². The van der Waals surface area contributed by atoms with Gasteiger partial charge in [0.2, 0.25) is 15.9 Å². The maximum Gasteiger partial charge on any atom is 0.267 e. The molecule has 0 radical (unpaired) electrons. The molecule has 0 aliphatic carbocycles. The van der Waals surface area contributed by atoms with Crippen molar-refractivity contribution in [2.75, 3.05) is 37.8 Å². The van der Waals surface area contributed by atoms with Gasteiger partial charge >= 0.3 is 0 Å². The molecular formula is C37H35ClF2N8O4S2. The molecule has 1 N–H and O–H groups in total. The molecule has 1 aromatic carbocycles. The van der Waals surface area contributed by atoms with Gasteiger partial charge in [-0.1, -0.05) is 23.4 Å². The number of halogens is 3. The van der Waals surface area contributed by atoms with Crippen LogP contribution in [0.5, 0.6) is 0 Å². The fourth-order valence-electron chi connectivity index (χ4n) is 6.52. The molecule has 5 heterocycles. The molecule has 1 aliphatic heterocycles. The third kappa shape index (κ3) is 8.37. The zero-order valence-corrected chi connectivity index (χ0v) is 32.2. The smallest absolute Gasteiger partial charge is 0.267 e. The molecule has 0 spiro atoms. The summed E-state index contributed by atoms with van der Waals surface area (Å²) in [6.07, 6.45) is 5.06. The van der Waals surface area contributed by atoms with Gasteiger partial charge < -0.3 is 9.80 Å². The number of hydrogen-bond acceptors (Lipinski definition) is 11. The number of sulfonamides is 1. The van der Waals surface area contributed by atoms with E-state index in [0.29, 0.717) is 76.0 Å². The third-order valence-corrected chi connectivity index (χ3v) is 11.1. The summed E-state index contributed by atoms with van der Waals surface area (Å²) in [5.41, 5.74) is 2.26. The lowest BCUT2D eigenvalue weighted by atomic mass is 10.00. The number of likely N-dealkylation sites (tertiary alicyclic amines) is 1. The molecule has 54 heavy (non-hydrogen) atoms. The zero-order valence-electron chi connectivity index (χ0n) is 29.8. The van der Waals surface area contributed by atoms with Crippen LogP contribution >= 0.6 is 22.9 Å². The van der Waals surface area contributed by atoms with E-state index in [9.17, 15) is 32.0 Å². The van der Waals surface area contributed by atoms with Crippen LogP contribution in [0.2, 0.25) is 5.02 Å². The Bertz CT molecular complexity index is 2560. The second kappa shape index (κ2) is 15.4. The molecule has 0 atom stereocenters. The monoisotopic (exact) mass is 792 g/mol. The Labute approximate surface area is 319 Å². The van der Waals surface area contributed by atoms with Crippen molar-refractivity contribution in [2.45, 2.75) is 51.6 Å². The van der Waals surface area contributed by atoms with Gasteiger partial charge in [0.15, 0.2) is 0 Å². The molecular weight excluding hydrogens is 758 g/mol. The highest BCUT2D eigenvalue weighted by molar-refractivity contribution is 7.89. The van der Waals surface area contributed by atoms with Crippen molar-refractivity contribution < 1.29 is 22.0 Å². The van der Waals surface area contributed by atoms with Gasteiger partial charge in [-0.2, -0.15) is 5.26 Å². The number of benzene rings is 1. The van der Waals surface area contributed by atoms with Crippen LogP contribution in [0.25, 0.3) is 32.2 Å². The Balaban J connectivity index is 1.29. The number of rotatable bonds is 9. The second-order valence-electron chi connectivity index (χ2n) is 13.3. The first kappa shape index (κ1) is 38.7. The first-order valence-electron chi connectivity index (χ1n) is 16.8. The van der Waals surface area contributed by atoms with Crippen LogP contribution in [0.4, 0.5) is 14.6 Å². The number of thiophene rings is 1. The number of pyridine rings is 2. The van der Waals surface area contributed by atoms with E-state index in [1.807, 2.05) is 21.6 Å². The van der Waals surface area contributed by atoms with Crippen molar-refractivity contribution in [3.05, 3.63) is 79.9 Å². The number of nitrogens with one attached hydrogen (secondary N) is 1. The fourth-order valence-corrected chi connectivity index (χ4v) is 8.17. The van der Waals surface area contributed by atoms with Gasteiger partial charge in [-0.15, -0.1) is 11.3 Å². The molecule has 6 rings (SSSR count). The molecule has 1 fully saturated rings. The van der Waals surface area contributed by atoms with Gasteiger partial charge in [0.05, 0.1) is 45.7 Å². The van der Waals surface area contributed by atoms with E-state index in [1.165, 1.54) is 33.7 Å². The highest BCUT2D eigenvalue weighted by Crippen LogP contribution is 2.36. The number of alkyl halides is 2. The number of nitriles is 1. The average Bonchev–Trinajstić information content (AvgIpc) is 3.56. The molecule has 12 nitrogen and oxygen atoms in total. The topological polar surface area (TPSA) is 154 Å².